The minimum Gasteiger partial charge on any atom is -0.0911 e. The molecule has 0 aromatic rings. The van der Waals surface area contributed by atoms with Crippen LogP contribution in [0.25, 0.3) is 0 Å². The van der Waals surface area contributed by atoms with Crippen LogP contribution in [-0.2, 0) is 0 Å². The van der Waals surface area contributed by atoms with Crippen LogP contribution in [0.2, 0.25) is 0 Å². The second-order valence-corrected chi connectivity index (χ2v) is 2.86. The van der Waals surface area contributed by atoms with Gasteiger partial charge in [0.15, 0.2) is 0 Å². The largest absolute Gasteiger partial charge is 0.0911 e. The molecule has 0 saturated heterocycles. The lowest BCUT2D eigenvalue weighted by Crippen LogP contribution is -2.08. The Balaban J connectivity index is 3.92. The van der Waals surface area contributed by atoms with Crippen molar-refractivity contribution >= 4 is 0 Å². The zero-order valence-electron chi connectivity index (χ0n) is 7.07. The molecule has 0 aliphatic rings. The Hall–Kier alpha value is -0.260. The molecule has 0 N–H and O–H groups in total. The van der Waals surface area contributed by atoms with Crippen LogP contribution in [-0.4, -0.2) is 0 Å². The van der Waals surface area contributed by atoms with Crippen molar-refractivity contribution < 1.29 is 0 Å². The highest BCUT2D eigenvalue weighted by Gasteiger charge is 2.13. The fraction of sp³-hybridized carbons (Fsp3) is 0.778. The summed E-state index contributed by atoms with van der Waals surface area (Å²) >= 11 is 0. The van der Waals surface area contributed by atoms with E-state index in [2.05, 4.69) is 39.8 Å². The van der Waals surface area contributed by atoms with Gasteiger partial charge < -0.3 is 0 Å². The molecule has 9 heavy (non-hydrogen) atoms. The van der Waals surface area contributed by atoms with Gasteiger partial charge in [0.25, 0.3) is 0 Å². The van der Waals surface area contributed by atoms with E-state index in [1.54, 1.807) is 0 Å². The minimum atomic E-state index is 0.453. The number of hydrogen-bond donors (Lipinski definition) is 0. The van der Waals surface area contributed by atoms with Crippen molar-refractivity contribution in [2.75, 3.05) is 0 Å². The molecule has 0 heterocycles. The number of hydrogen-bond acceptors (Lipinski definition) is 0. The van der Waals surface area contributed by atoms with E-state index in [9.17, 15) is 0 Å². The molecule has 0 spiro atoms. The fourth-order valence-corrected chi connectivity index (χ4v) is 0.888. The monoisotopic (exact) mass is 126 g/mol. The Kier molecular flexibility index (Phi) is 3.60. The van der Waals surface area contributed by atoms with Gasteiger partial charge >= 0.3 is 0 Å². The Morgan fingerprint density at radius 2 is 1.67 bits per heavy atom. The Bertz CT molecular complexity index is 86.2. The van der Waals surface area contributed by atoms with Crippen LogP contribution in [0.4, 0.5) is 0 Å². The molecule has 0 aromatic carbocycles. The average Bonchev–Trinajstić information content (AvgIpc) is 1.89. The molecule has 0 bridgehead atoms. The summed E-state index contributed by atoms with van der Waals surface area (Å²) in [4.78, 5) is 0. The third kappa shape index (κ3) is 2.69. The molecule has 0 rings (SSSR count). The van der Waals surface area contributed by atoms with E-state index >= 15 is 0 Å². The Morgan fingerprint density at radius 1 is 1.22 bits per heavy atom. The van der Waals surface area contributed by atoms with Gasteiger partial charge in [0.05, 0.1) is 0 Å². The zero-order chi connectivity index (χ0) is 7.33. The topological polar surface area (TPSA) is 0 Å². The second-order valence-electron chi connectivity index (χ2n) is 2.86. The van der Waals surface area contributed by atoms with Crippen LogP contribution < -0.4 is 0 Å². The third-order valence-corrected chi connectivity index (χ3v) is 2.18. The van der Waals surface area contributed by atoms with Crippen molar-refractivity contribution in [3.8, 4) is 0 Å². The molecule has 0 aliphatic carbocycles. The summed E-state index contributed by atoms with van der Waals surface area (Å²) in [5.41, 5.74) is 0.453. The summed E-state index contributed by atoms with van der Waals surface area (Å²) in [7, 11) is 0. The summed E-state index contributed by atoms with van der Waals surface area (Å²) < 4.78 is 0. The van der Waals surface area contributed by atoms with Gasteiger partial charge in [-0.2, -0.15) is 0 Å². The lowest BCUT2D eigenvalue weighted by Gasteiger charge is -2.21. The predicted molar refractivity (Wildman–Crippen MR) is 43.5 cm³/mol. The molecular formula is C9H18. The molecule has 0 nitrogen and oxygen atoms in total. The average molecular weight is 126 g/mol. The quantitative estimate of drug-likeness (QED) is 0.508. The van der Waals surface area contributed by atoms with E-state index in [0.29, 0.717) is 5.41 Å². The predicted octanol–water partition coefficient (Wildman–Crippen LogP) is 3.39. The first kappa shape index (κ1) is 8.74. The van der Waals surface area contributed by atoms with E-state index in [1.165, 1.54) is 12.8 Å². The van der Waals surface area contributed by atoms with Crippen molar-refractivity contribution in [3.63, 3.8) is 0 Å². The minimum absolute atomic E-state index is 0.453. The molecule has 0 heteroatoms. The maximum atomic E-state index is 2.30. The summed E-state index contributed by atoms with van der Waals surface area (Å²) in [5.74, 6) is 0. The van der Waals surface area contributed by atoms with Gasteiger partial charge in [-0.15, -0.1) is 0 Å². The first-order valence-electron chi connectivity index (χ1n) is 3.82. The van der Waals surface area contributed by atoms with Crippen LogP contribution in [0.15, 0.2) is 12.2 Å². The van der Waals surface area contributed by atoms with Crippen LogP contribution >= 0.6 is 0 Å². The number of allylic oxidation sites excluding steroid dienone is 2. The maximum Gasteiger partial charge on any atom is -0.0152 e. The van der Waals surface area contributed by atoms with Crippen molar-refractivity contribution in [2.24, 2.45) is 5.41 Å². The Labute approximate surface area is 59.0 Å². The molecule has 0 amide bonds. The molecule has 0 fully saturated rings. The highest BCUT2D eigenvalue weighted by atomic mass is 14.2. The molecule has 0 radical (unpaired) electrons. The molecule has 0 aliphatic heterocycles. The van der Waals surface area contributed by atoms with Crippen molar-refractivity contribution in [1.82, 2.24) is 0 Å². The van der Waals surface area contributed by atoms with Gasteiger partial charge in [-0.25, -0.2) is 0 Å². The Morgan fingerprint density at radius 3 is 1.78 bits per heavy atom. The van der Waals surface area contributed by atoms with Crippen LogP contribution in [0, 0.1) is 5.41 Å². The fourth-order valence-electron chi connectivity index (χ4n) is 0.888. The van der Waals surface area contributed by atoms with Gasteiger partial charge in [-0.05, 0) is 25.2 Å². The van der Waals surface area contributed by atoms with Gasteiger partial charge in [0, 0.05) is 0 Å². The van der Waals surface area contributed by atoms with E-state index in [0.717, 1.165) is 0 Å². The van der Waals surface area contributed by atoms with E-state index < -0.39 is 0 Å². The van der Waals surface area contributed by atoms with Gasteiger partial charge in [-0.3, -0.25) is 0 Å². The highest BCUT2D eigenvalue weighted by Crippen LogP contribution is 2.26. The summed E-state index contributed by atoms with van der Waals surface area (Å²) in [6.45, 7) is 8.86. The normalized spacial score (nSPS) is 12.9. The second kappa shape index (κ2) is 3.71. The molecule has 0 saturated carbocycles. The molecule has 0 unspecified atom stereocenters. The summed E-state index contributed by atoms with van der Waals surface area (Å²) in [6.07, 6.45) is 6.93. The van der Waals surface area contributed by atoms with Gasteiger partial charge in [0.1, 0.15) is 0 Å². The van der Waals surface area contributed by atoms with E-state index in [-0.39, 0.29) is 0 Å². The summed E-state index contributed by atoms with van der Waals surface area (Å²) in [6, 6.07) is 0. The van der Waals surface area contributed by atoms with E-state index in [1.807, 2.05) is 0 Å². The van der Waals surface area contributed by atoms with Crippen LogP contribution in [0.5, 0.6) is 0 Å². The first-order valence-corrected chi connectivity index (χ1v) is 3.82. The zero-order valence-corrected chi connectivity index (χ0v) is 7.07. The molecule has 0 aromatic heterocycles. The SMILES string of the molecule is C/C=C\C(C)(CC)CC. The lowest BCUT2D eigenvalue weighted by atomic mass is 9.84. The van der Waals surface area contributed by atoms with Gasteiger partial charge in [-0.1, -0.05) is 32.9 Å². The lowest BCUT2D eigenvalue weighted by molar-refractivity contribution is 0.395. The first-order chi connectivity index (χ1) is 4.18. The summed E-state index contributed by atoms with van der Waals surface area (Å²) in [5, 5.41) is 0. The van der Waals surface area contributed by atoms with Gasteiger partial charge in [0.2, 0.25) is 0 Å². The maximum absolute atomic E-state index is 2.30. The van der Waals surface area contributed by atoms with Crippen molar-refractivity contribution in [3.05, 3.63) is 12.2 Å². The highest BCUT2D eigenvalue weighted by molar-refractivity contribution is 4.93. The third-order valence-electron chi connectivity index (χ3n) is 2.18. The molecule has 0 atom stereocenters. The molecule has 54 valence electrons. The standard InChI is InChI=1S/C9H18/c1-5-8-9(4,6-2)7-3/h5,8H,6-7H2,1-4H3/b8-5-. The number of rotatable bonds is 3. The smallest absolute Gasteiger partial charge is 0.0152 e. The van der Waals surface area contributed by atoms with E-state index in [4.69, 9.17) is 0 Å². The van der Waals surface area contributed by atoms with Crippen molar-refractivity contribution in [1.29, 1.82) is 0 Å². The molecular weight excluding hydrogens is 108 g/mol. The van der Waals surface area contributed by atoms with Crippen LogP contribution in [0.3, 0.4) is 0 Å². The van der Waals surface area contributed by atoms with Crippen LogP contribution in [0.1, 0.15) is 40.5 Å². The van der Waals surface area contributed by atoms with Crippen molar-refractivity contribution in [2.45, 2.75) is 40.5 Å².